The van der Waals surface area contributed by atoms with Crippen molar-refractivity contribution < 1.29 is 9.18 Å². The Balaban J connectivity index is 1.57. The molecule has 2 heterocycles. The molecule has 1 amide bonds. The number of carbonyl (C=O) groups excluding carboxylic acids is 1. The number of aryl methyl sites for hydroxylation is 1. The summed E-state index contributed by atoms with van der Waals surface area (Å²) in [5.41, 5.74) is 3.74. The van der Waals surface area contributed by atoms with E-state index in [9.17, 15) is 9.18 Å². The molecule has 3 nitrogen and oxygen atoms in total. The number of benzene rings is 1. The molecule has 0 aliphatic rings. The predicted octanol–water partition coefficient (Wildman–Crippen LogP) is 4.85. The number of thiophene rings is 1. The molecule has 3 rings (SSSR count). The zero-order chi connectivity index (χ0) is 17.6. The molecule has 0 saturated carbocycles. The molecule has 1 aromatic carbocycles. The number of nitrogens with zero attached hydrogens (tertiary/aromatic N) is 1. The van der Waals surface area contributed by atoms with Crippen LogP contribution >= 0.6 is 22.9 Å². The minimum atomic E-state index is -0.451. The number of hydrogen-bond acceptors (Lipinski definition) is 3. The quantitative estimate of drug-likeness (QED) is 0.670. The third-order valence-corrected chi connectivity index (χ3v) is 4.76. The highest BCUT2D eigenvalue weighted by Crippen LogP contribution is 2.23. The highest BCUT2D eigenvalue weighted by Gasteiger charge is 2.09. The standard InChI is InChI=1S/C19H16ClFN2OS/c20-16-10-13(3-5-17(16)21)4-6-18(24)23-11-14-2-1-8-22-19(14)15-7-9-25-12-15/h1-3,5,7-10,12H,4,6,11H2,(H,23,24). The summed E-state index contributed by atoms with van der Waals surface area (Å²) in [4.78, 5) is 16.5. The Hall–Kier alpha value is -2.24. The number of aromatic nitrogens is 1. The summed E-state index contributed by atoms with van der Waals surface area (Å²) in [6.45, 7) is 0.419. The number of rotatable bonds is 6. The van der Waals surface area contributed by atoms with E-state index in [0.717, 1.165) is 22.4 Å². The Bertz CT molecular complexity index is 868. The lowest BCUT2D eigenvalue weighted by Gasteiger charge is -2.09. The molecule has 1 N–H and O–H groups in total. The molecule has 128 valence electrons. The lowest BCUT2D eigenvalue weighted by atomic mass is 10.1. The minimum absolute atomic E-state index is 0.0689. The molecule has 0 atom stereocenters. The first-order valence-corrected chi connectivity index (χ1v) is 9.12. The number of nitrogens with one attached hydrogen (secondary N) is 1. The van der Waals surface area contributed by atoms with Crippen molar-refractivity contribution in [1.29, 1.82) is 0 Å². The van der Waals surface area contributed by atoms with Gasteiger partial charge in [0.1, 0.15) is 5.82 Å². The van der Waals surface area contributed by atoms with Gasteiger partial charge in [-0.2, -0.15) is 11.3 Å². The fraction of sp³-hybridized carbons (Fsp3) is 0.158. The first-order chi connectivity index (χ1) is 12.1. The van der Waals surface area contributed by atoms with Gasteiger partial charge in [-0.1, -0.05) is 23.7 Å². The number of carbonyl (C=O) groups is 1. The van der Waals surface area contributed by atoms with E-state index in [0.29, 0.717) is 19.4 Å². The van der Waals surface area contributed by atoms with Crippen LogP contribution in [0.4, 0.5) is 4.39 Å². The molecule has 0 unspecified atom stereocenters. The van der Waals surface area contributed by atoms with Gasteiger partial charge in [-0.25, -0.2) is 4.39 Å². The molecule has 2 aromatic heterocycles. The molecule has 3 aromatic rings. The average molecular weight is 375 g/mol. The topological polar surface area (TPSA) is 42.0 Å². The summed E-state index contributed by atoms with van der Waals surface area (Å²) in [5, 5.41) is 7.03. The van der Waals surface area contributed by atoms with Gasteiger partial charge in [0.15, 0.2) is 0 Å². The van der Waals surface area contributed by atoms with Crippen LogP contribution in [-0.2, 0) is 17.8 Å². The van der Waals surface area contributed by atoms with Gasteiger partial charge >= 0.3 is 0 Å². The van der Waals surface area contributed by atoms with Crippen molar-refractivity contribution in [3.05, 3.63) is 75.3 Å². The maximum atomic E-state index is 13.1. The van der Waals surface area contributed by atoms with E-state index in [-0.39, 0.29) is 10.9 Å². The Morgan fingerprint density at radius 3 is 2.92 bits per heavy atom. The van der Waals surface area contributed by atoms with Crippen LogP contribution in [0.25, 0.3) is 11.3 Å². The zero-order valence-corrected chi connectivity index (χ0v) is 14.9. The van der Waals surface area contributed by atoms with Gasteiger partial charge in [-0.05, 0) is 47.2 Å². The fourth-order valence-electron chi connectivity index (χ4n) is 2.48. The summed E-state index contributed by atoms with van der Waals surface area (Å²) in [7, 11) is 0. The Labute approximate surface area is 154 Å². The molecule has 25 heavy (non-hydrogen) atoms. The Morgan fingerprint density at radius 1 is 1.28 bits per heavy atom. The fourth-order valence-corrected chi connectivity index (χ4v) is 3.32. The molecule has 0 radical (unpaired) electrons. The van der Waals surface area contributed by atoms with Crippen LogP contribution in [0.5, 0.6) is 0 Å². The van der Waals surface area contributed by atoms with Gasteiger partial charge in [0.2, 0.25) is 5.91 Å². The Kier molecular flexibility index (Phi) is 5.79. The molecule has 0 aliphatic heterocycles. The van der Waals surface area contributed by atoms with E-state index in [1.807, 2.05) is 29.0 Å². The lowest BCUT2D eigenvalue weighted by Crippen LogP contribution is -2.23. The number of hydrogen-bond donors (Lipinski definition) is 1. The lowest BCUT2D eigenvalue weighted by molar-refractivity contribution is -0.121. The molecular weight excluding hydrogens is 359 g/mol. The predicted molar refractivity (Wildman–Crippen MR) is 99.1 cm³/mol. The molecule has 0 spiro atoms. The molecular formula is C19H16ClFN2OS. The first kappa shape index (κ1) is 17.6. The van der Waals surface area contributed by atoms with Crippen molar-refractivity contribution in [2.45, 2.75) is 19.4 Å². The third kappa shape index (κ3) is 4.65. The van der Waals surface area contributed by atoms with Gasteiger partial charge in [-0.3, -0.25) is 9.78 Å². The molecule has 0 aliphatic carbocycles. The number of halogens is 2. The van der Waals surface area contributed by atoms with Crippen LogP contribution in [0, 0.1) is 5.82 Å². The minimum Gasteiger partial charge on any atom is -0.352 e. The van der Waals surface area contributed by atoms with Gasteiger partial charge in [0.25, 0.3) is 0 Å². The van der Waals surface area contributed by atoms with Crippen molar-refractivity contribution in [3.63, 3.8) is 0 Å². The smallest absolute Gasteiger partial charge is 0.220 e. The highest BCUT2D eigenvalue weighted by molar-refractivity contribution is 7.08. The SMILES string of the molecule is O=C(CCc1ccc(F)c(Cl)c1)NCc1cccnc1-c1ccsc1. The van der Waals surface area contributed by atoms with E-state index in [2.05, 4.69) is 10.3 Å². The number of pyridine rings is 1. The van der Waals surface area contributed by atoms with Crippen molar-refractivity contribution in [2.75, 3.05) is 0 Å². The second kappa shape index (κ2) is 8.23. The monoisotopic (exact) mass is 374 g/mol. The van der Waals surface area contributed by atoms with E-state index < -0.39 is 5.82 Å². The van der Waals surface area contributed by atoms with Crippen LogP contribution in [0.15, 0.2) is 53.4 Å². The van der Waals surface area contributed by atoms with E-state index in [4.69, 9.17) is 11.6 Å². The maximum Gasteiger partial charge on any atom is 0.220 e. The number of amides is 1. The van der Waals surface area contributed by atoms with Gasteiger partial charge in [-0.15, -0.1) is 0 Å². The summed E-state index contributed by atoms with van der Waals surface area (Å²) in [6.07, 6.45) is 2.57. The third-order valence-electron chi connectivity index (χ3n) is 3.79. The Morgan fingerprint density at radius 2 is 2.16 bits per heavy atom. The van der Waals surface area contributed by atoms with Crippen LogP contribution in [0.1, 0.15) is 17.5 Å². The molecule has 0 saturated heterocycles. The van der Waals surface area contributed by atoms with Crippen LogP contribution in [0.3, 0.4) is 0 Å². The van der Waals surface area contributed by atoms with Crippen LogP contribution in [-0.4, -0.2) is 10.9 Å². The van der Waals surface area contributed by atoms with E-state index in [1.54, 1.807) is 29.7 Å². The van der Waals surface area contributed by atoms with E-state index >= 15 is 0 Å². The zero-order valence-electron chi connectivity index (χ0n) is 13.3. The summed E-state index contributed by atoms with van der Waals surface area (Å²) < 4.78 is 13.1. The summed E-state index contributed by atoms with van der Waals surface area (Å²) in [6, 6.07) is 10.3. The first-order valence-electron chi connectivity index (χ1n) is 7.80. The maximum absolute atomic E-state index is 13.1. The van der Waals surface area contributed by atoms with Crippen LogP contribution < -0.4 is 5.32 Å². The van der Waals surface area contributed by atoms with Gasteiger partial charge in [0.05, 0.1) is 10.7 Å². The largest absolute Gasteiger partial charge is 0.352 e. The summed E-state index contributed by atoms with van der Waals surface area (Å²) in [5.74, 6) is -0.520. The molecule has 0 bridgehead atoms. The normalized spacial score (nSPS) is 10.6. The summed E-state index contributed by atoms with van der Waals surface area (Å²) >= 11 is 7.37. The van der Waals surface area contributed by atoms with Crippen molar-refractivity contribution >= 4 is 28.8 Å². The van der Waals surface area contributed by atoms with Crippen molar-refractivity contribution in [2.24, 2.45) is 0 Å². The second-order valence-corrected chi connectivity index (χ2v) is 6.74. The second-order valence-electron chi connectivity index (χ2n) is 5.55. The van der Waals surface area contributed by atoms with Crippen molar-refractivity contribution in [3.8, 4) is 11.3 Å². The van der Waals surface area contributed by atoms with Crippen LogP contribution in [0.2, 0.25) is 5.02 Å². The van der Waals surface area contributed by atoms with Gasteiger partial charge < -0.3 is 5.32 Å². The molecule has 0 fully saturated rings. The highest BCUT2D eigenvalue weighted by atomic mass is 35.5. The average Bonchev–Trinajstić information content (AvgIpc) is 3.15. The molecule has 6 heteroatoms. The van der Waals surface area contributed by atoms with Crippen molar-refractivity contribution in [1.82, 2.24) is 10.3 Å². The van der Waals surface area contributed by atoms with E-state index in [1.165, 1.54) is 6.07 Å². The van der Waals surface area contributed by atoms with Gasteiger partial charge in [0, 0.05) is 30.1 Å².